The summed E-state index contributed by atoms with van der Waals surface area (Å²) in [6, 6.07) is 9.70. The van der Waals surface area contributed by atoms with E-state index in [4.69, 9.17) is 4.74 Å². The van der Waals surface area contributed by atoms with E-state index in [2.05, 4.69) is 31.5 Å². The predicted octanol–water partition coefficient (Wildman–Crippen LogP) is 0.157. The molecule has 0 saturated heterocycles. The van der Waals surface area contributed by atoms with Crippen molar-refractivity contribution in [3.8, 4) is 0 Å². The molecule has 1 aromatic rings. The number of nitrogens with zero attached hydrogens (tertiary/aromatic N) is 1. The van der Waals surface area contributed by atoms with Crippen LogP contribution in [0.2, 0.25) is 0 Å². The summed E-state index contributed by atoms with van der Waals surface area (Å²) in [5.74, 6) is -0.483. The van der Waals surface area contributed by atoms with E-state index in [1.54, 1.807) is 0 Å². The summed E-state index contributed by atoms with van der Waals surface area (Å²) in [6.45, 7) is 3.86. The number of carbonyl (C=O) groups is 3. The minimum absolute atomic E-state index is 0.0283. The van der Waals surface area contributed by atoms with Gasteiger partial charge in [0.1, 0.15) is 6.73 Å². The lowest BCUT2D eigenvalue weighted by Crippen LogP contribution is -2.52. The molecule has 1 rings (SSSR count). The largest absolute Gasteiger partial charge is 0.362 e. The highest BCUT2D eigenvalue weighted by molar-refractivity contribution is 5.79. The Morgan fingerprint density at radius 3 is 2.41 bits per heavy atom. The van der Waals surface area contributed by atoms with E-state index in [1.165, 1.54) is 0 Å². The number of hydrogen-bond acceptors (Lipinski definition) is 7. The second kappa shape index (κ2) is 18.8. The maximum absolute atomic E-state index is 12.4. The average molecular weight is 479 g/mol. The van der Waals surface area contributed by atoms with Crippen LogP contribution in [-0.2, 0) is 25.5 Å². The molecule has 1 atom stereocenters. The van der Waals surface area contributed by atoms with Crippen molar-refractivity contribution in [2.75, 3.05) is 53.7 Å². The van der Waals surface area contributed by atoms with Gasteiger partial charge in [-0.1, -0.05) is 36.8 Å². The van der Waals surface area contributed by atoms with Crippen molar-refractivity contribution < 1.29 is 19.1 Å². The molecular formula is C24H42N6O4. The number of amides is 3. The summed E-state index contributed by atoms with van der Waals surface area (Å²) in [5.41, 5.74) is 1.03. The second-order valence-corrected chi connectivity index (χ2v) is 8.25. The highest BCUT2D eigenvalue weighted by Gasteiger charge is 2.14. The normalized spacial score (nSPS) is 11.8. The van der Waals surface area contributed by atoms with Gasteiger partial charge in [0.05, 0.1) is 25.9 Å². The zero-order valence-corrected chi connectivity index (χ0v) is 20.8. The van der Waals surface area contributed by atoms with Gasteiger partial charge in [0.25, 0.3) is 0 Å². The van der Waals surface area contributed by atoms with E-state index in [0.29, 0.717) is 19.4 Å². The number of ether oxygens (including phenoxy) is 1. The molecule has 3 amide bonds. The van der Waals surface area contributed by atoms with Crippen molar-refractivity contribution >= 4 is 17.7 Å². The number of nitrogens with one attached hydrogen (secondary N) is 5. The number of hydrogen-bond donors (Lipinski definition) is 5. The first kappa shape index (κ1) is 29.5. The lowest BCUT2D eigenvalue weighted by atomic mass is 10.1. The molecule has 0 spiro atoms. The third-order valence-electron chi connectivity index (χ3n) is 4.91. The third kappa shape index (κ3) is 16.1. The van der Waals surface area contributed by atoms with Crippen LogP contribution in [0.3, 0.4) is 0 Å². The SMILES string of the molecule is CCOCNC(=O)CN[C@H](Cc1ccccc1)NC(=O)CNCNC(=O)CCCCCN(C)C. The van der Waals surface area contributed by atoms with Crippen LogP contribution in [0, 0.1) is 0 Å². The first-order valence-electron chi connectivity index (χ1n) is 11.9. The molecule has 34 heavy (non-hydrogen) atoms. The first-order valence-corrected chi connectivity index (χ1v) is 11.9. The van der Waals surface area contributed by atoms with Gasteiger partial charge in [-0.05, 0) is 46.0 Å². The van der Waals surface area contributed by atoms with Crippen LogP contribution in [0.4, 0.5) is 0 Å². The molecule has 0 aliphatic heterocycles. The molecular weight excluding hydrogens is 436 g/mol. The van der Waals surface area contributed by atoms with Crippen molar-refractivity contribution in [2.24, 2.45) is 0 Å². The zero-order valence-electron chi connectivity index (χ0n) is 20.8. The number of carbonyl (C=O) groups excluding carboxylic acids is 3. The zero-order chi connectivity index (χ0) is 25.0. The second-order valence-electron chi connectivity index (χ2n) is 8.25. The molecule has 0 aromatic heterocycles. The lowest BCUT2D eigenvalue weighted by Gasteiger charge is -2.21. The molecule has 1 aromatic carbocycles. The van der Waals surface area contributed by atoms with Crippen molar-refractivity contribution in [1.29, 1.82) is 0 Å². The summed E-state index contributed by atoms with van der Waals surface area (Å²) in [4.78, 5) is 38.4. The van der Waals surface area contributed by atoms with Crippen molar-refractivity contribution in [3.05, 3.63) is 35.9 Å². The number of benzene rings is 1. The molecule has 0 fully saturated rings. The van der Waals surface area contributed by atoms with Gasteiger partial charge >= 0.3 is 0 Å². The van der Waals surface area contributed by atoms with Crippen LogP contribution in [0.5, 0.6) is 0 Å². The van der Waals surface area contributed by atoms with E-state index >= 15 is 0 Å². The highest BCUT2D eigenvalue weighted by atomic mass is 16.5. The van der Waals surface area contributed by atoms with E-state index in [9.17, 15) is 14.4 Å². The van der Waals surface area contributed by atoms with E-state index in [1.807, 2.05) is 51.4 Å². The monoisotopic (exact) mass is 478 g/mol. The van der Waals surface area contributed by atoms with Gasteiger partial charge in [-0.3, -0.25) is 25.0 Å². The summed E-state index contributed by atoms with van der Waals surface area (Å²) < 4.78 is 5.11. The Hall–Kier alpha value is -2.53. The van der Waals surface area contributed by atoms with Crippen molar-refractivity contribution in [2.45, 2.75) is 45.2 Å². The van der Waals surface area contributed by atoms with Crippen LogP contribution in [-0.4, -0.2) is 82.5 Å². The standard InChI is InChI=1S/C24H42N6O4/c1-4-34-19-28-23(32)17-26-21(15-20-11-7-5-8-12-20)29-24(33)16-25-18-27-22(31)13-9-6-10-14-30(2)3/h5,7-8,11-12,21,25-26H,4,6,9-10,13-19H2,1-3H3,(H,27,31)(H,28,32)(H,29,33)/t21-/m0/s1. The molecule has 192 valence electrons. The van der Waals surface area contributed by atoms with Gasteiger partial charge in [-0.15, -0.1) is 0 Å². The van der Waals surface area contributed by atoms with Crippen molar-refractivity contribution in [1.82, 2.24) is 31.5 Å². The molecule has 10 heteroatoms. The summed E-state index contributed by atoms with van der Waals surface area (Å²) >= 11 is 0. The Kier molecular flexibility index (Phi) is 16.4. The van der Waals surface area contributed by atoms with Crippen LogP contribution in [0.1, 0.15) is 38.2 Å². The van der Waals surface area contributed by atoms with Gasteiger partial charge in [0, 0.05) is 19.4 Å². The van der Waals surface area contributed by atoms with E-state index in [0.717, 1.165) is 31.4 Å². The maximum atomic E-state index is 12.4. The Bertz CT molecular complexity index is 702. The topological polar surface area (TPSA) is 124 Å². The molecule has 10 nitrogen and oxygen atoms in total. The molecule has 0 bridgehead atoms. The third-order valence-corrected chi connectivity index (χ3v) is 4.91. The number of unbranched alkanes of at least 4 members (excludes halogenated alkanes) is 2. The Morgan fingerprint density at radius 2 is 1.71 bits per heavy atom. The fourth-order valence-electron chi connectivity index (χ4n) is 3.10. The molecule has 0 unspecified atom stereocenters. The molecule has 5 N–H and O–H groups in total. The van der Waals surface area contributed by atoms with Gasteiger partial charge < -0.3 is 25.6 Å². The van der Waals surface area contributed by atoms with E-state index < -0.39 is 6.17 Å². The molecule has 0 aliphatic rings. The fourth-order valence-corrected chi connectivity index (χ4v) is 3.10. The van der Waals surface area contributed by atoms with Crippen molar-refractivity contribution in [3.63, 3.8) is 0 Å². The average Bonchev–Trinajstić information content (AvgIpc) is 2.80. The highest BCUT2D eigenvalue weighted by Crippen LogP contribution is 2.02. The summed E-state index contributed by atoms with van der Waals surface area (Å²) in [5, 5.41) is 14.3. The van der Waals surface area contributed by atoms with E-state index in [-0.39, 0.29) is 44.2 Å². The van der Waals surface area contributed by atoms with Crippen LogP contribution >= 0.6 is 0 Å². The van der Waals surface area contributed by atoms with Crippen LogP contribution in [0.25, 0.3) is 0 Å². The fraction of sp³-hybridized carbons (Fsp3) is 0.625. The number of rotatable bonds is 19. The van der Waals surface area contributed by atoms with Gasteiger partial charge in [0.2, 0.25) is 17.7 Å². The van der Waals surface area contributed by atoms with Crippen LogP contribution < -0.4 is 26.6 Å². The maximum Gasteiger partial charge on any atom is 0.235 e. The predicted molar refractivity (Wildman–Crippen MR) is 133 cm³/mol. The minimum atomic E-state index is -0.425. The van der Waals surface area contributed by atoms with Gasteiger partial charge in [-0.25, -0.2) is 0 Å². The van der Waals surface area contributed by atoms with Gasteiger partial charge in [0.15, 0.2) is 0 Å². The first-order chi connectivity index (χ1) is 16.4. The molecule has 0 aliphatic carbocycles. The lowest BCUT2D eigenvalue weighted by molar-refractivity contribution is -0.124. The van der Waals surface area contributed by atoms with Gasteiger partial charge in [-0.2, -0.15) is 0 Å². The minimum Gasteiger partial charge on any atom is -0.362 e. The Labute approximate surface area is 203 Å². The molecule has 0 saturated carbocycles. The van der Waals surface area contributed by atoms with Crippen LogP contribution in [0.15, 0.2) is 30.3 Å². The quantitative estimate of drug-likeness (QED) is 0.142. The Balaban J connectivity index is 2.32. The summed E-state index contributed by atoms with van der Waals surface area (Å²) in [7, 11) is 4.07. The smallest absolute Gasteiger partial charge is 0.235 e. The Morgan fingerprint density at radius 1 is 0.941 bits per heavy atom. The summed E-state index contributed by atoms with van der Waals surface area (Å²) in [6.07, 6.45) is 3.52. The molecule has 0 heterocycles. The molecule has 0 radical (unpaired) electrons.